The Morgan fingerprint density at radius 1 is 0.829 bits per heavy atom. The van der Waals surface area contributed by atoms with Crippen LogP contribution < -0.4 is 4.90 Å². The fourth-order valence-corrected chi connectivity index (χ4v) is 5.06. The van der Waals surface area contributed by atoms with E-state index in [1.54, 1.807) is 24.3 Å². The summed E-state index contributed by atoms with van der Waals surface area (Å²) in [5.41, 5.74) is 3.81. The van der Waals surface area contributed by atoms with Crippen molar-refractivity contribution < 1.29 is 13.6 Å². The molecule has 178 valence electrons. The number of halogens is 2. The van der Waals surface area contributed by atoms with E-state index in [1.165, 1.54) is 30.0 Å². The van der Waals surface area contributed by atoms with Crippen LogP contribution in [-0.4, -0.2) is 52.7 Å². The van der Waals surface area contributed by atoms with Gasteiger partial charge in [-0.1, -0.05) is 48.2 Å². The minimum Gasteiger partial charge on any atom is -0.366 e. The average molecular weight is 491 g/mol. The first-order chi connectivity index (χ1) is 17.1. The zero-order valence-electron chi connectivity index (χ0n) is 19.0. The van der Waals surface area contributed by atoms with Gasteiger partial charge in [0, 0.05) is 32.6 Å². The minimum atomic E-state index is -0.284. The number of rotatable bonds is 6. The Morgan fingerprint density at radius 3 is 2.20 bits per heavy atom. The van der Waals surface area contributed by atoms with Crippen LogP contribution in [0.25, 0.3) is 11.0 Å². The minimum absolute atomic E-state index is 0.0193. The number of anilines is 1. The van der Waals surface area contributed by atoms with E-state index in [4.69, 9.17) is 9.97 Å². The Morgan fingerprint density at radius 2 is 1.49 bits per heavy atom. The predicted octanol–water partition coefficient (Wildman–Crippen LogP) is 4.94. The van der Waals surface area contributed by atoms with Gasteiger partial charge in [-0.05, 0) is 42.0 Å². The van der Waals surface area contributed by atoms with Gasteiger partial charge in [0.25, 0.3) is 0 Å². The fraction of sp³-hybridized carbons (Fsp3) is 0.222. The van der Waals surface area contributed by atoms with E-state index in [9.17, 15) is 13.6 Å². The molecule has 0 spiro atoms. The lowest BCUT2D eigenvalue weighted by molar-refractivity contribution is -0.128. The van der Waals surface area contributed by atoms with E-state index in [2.05, 4.69) is 0 Å². The molecule has 1 aliphatic heterocycles. The van der Waals surface area contributed by atoms with Crippen LogP contribution in [0.2, 0.25) is 0 Å². The van der Waals surface area contributed by atoms with Gasteiger partial charge in [0.15, 0.2) is 0 Å². The highest BCUT2D eigenvalue weighted by Gasteiger charge is 2.23. The summed E-state index contributed by atoms with van der Waals surface area (Å²) in [6, 6.07) is 20.7. The number of thioether (sulfide) groups is 1. The van der Waals surface area contributed by atoms with Gasteiger partial charge in [0.05, 0.1) is 28.2 Å². The highest BCUT2D eigenvalue weighted by Crippen LogP contribution is 2.26. The zero-order valence-corrected chi connectivity index (χ0v) is 19.8. The van der Waals surface area contributed by atoms with Crippen molar-refractivity contribution in [2.45, 2.75) is 11.4 Å². The van der Waals surface area contributed by atoms with E-state index in [0.29, 0.717) is 43.3 Å². The Hall–Kier alpha value is -3.52. The topological polar surface area (TPSA) is 49.3 Å². The zero-order chi connectivity index (χ0) is 24.2. The number of aromatic nitrogens is 2. The maximum absolute atomic E-state index is 14.1. The molecule has 5 rings (SSSR count). The molecule has 0 unspecified atom stereocenters. The molecule has 0 N–H and O–H groups in total. The number of carbonyl (C=O) groups excluding carboxylic acids is 1. The van der Waals surface area contributed by atoms with E-state index in [0.717, 1.165) is 22.3 Å². The van der Waals surface area contributed by atoms with Crippen molar-refractivity contribution in [3.8, 4) is 0 Å². The highest BCUT2D eigenvalue weighted by atomic mass is 32.2. The third-order valence-electron chi connectivity index (χ3n) is 6.05. The van der Waals surface area contributed by atoms with Crippen molar-refractivity contribution in [2.75, 3.05) is 36.8 Å². The van der Waals surface area contributed by atoms with Crippen LogP contribution in [0.1, 0.15) is 11.3 Å². The molecular formula is C27H24F2N4OS. The van der Waals surface area contributed by atoms with E-state index >= 15 is 0 Å². The molecule has 1 fully saturated rings. The smallest absolute Gasteiger partial charge is 0.233 e. The SMILES string of the molecule is O=C(CSc1nc2ccccc2nc1Cc1ccc(F)cc1)N1CCN(c2ccccc2F)CC1. The predicted molar refractivity (Wildman–Crippen MR) is 135 cm³/mol. The Kier molecular flexibility index (Phi) is 6.90. The number of hydrogen-bond donors (Lipinski definition) is 0. The molecule has 0 saturated carbocycles. The van der Waals surface area contributed by atoms with Crippen molar-refractivity contribution in [1.82, 2.24) is 14.9 Å². The lowest BCUT2D eigenvalue weighted by Crippen LogP contribution is -2.49. The van der Waals surface area contributed by atoms with Gasteiger partial charge in [-0.3, -0.25) is 4.79 Å². The summed E-state index contributed by atoms with van der Waals surface area (Å²) in [5, 5.41) is 0.700. The Balaban J connectivity index is 1.27. The quantitative estimate of drug-likeness (QED) is 0.359. The second-order valence-corrected chi connectivity index (χ2v) is 9.34. The second-order valence-electron chi connectivity index (χ2n) is 8.38. The van der Waals surface area contributed by atoms with E-state index in [-0.39, 0.29) is 23.3 Å². The second kappa shape index (κ2) is 10.4. The molecule has 0 bridgehead atoms. The van der Waals surface area contributed by atoms with Crippen molar-refractivity contribution in [3.63, 3.8) is 0 Å². The van der Waals surface area contributed by atoms with Gasteiger partial charge in [-0.15, -0.1) is 0 Å². The lowest BCUT2D eigenvalue weighted by Gasteiger charge is -2.36. The summed E-state index contributed by atoms with van der Waals surface area (Å²) in [7, 11) is 0. The Labute approximate surface area is 206 Å². The molecule has 1 amide bonds. The maximum Gasteiger partial charge on any atom is 0.233 e. The molecular weight excluding hydrogens is 466 g/mol. The molecule has 1 saturated heterocycles. The van der Waals surface area contributed by atoms with Crippen LogP contribution >= 0.6 is 11.8 Å². The monoisotopic (exact) mass is 490 g/mol. The van der Waals surface area contributed by atoms with Crippen molar-refractivity contribution in [3.05, 3.63) is 95.7 Å². The maximum atomic E-state index is 14.1. The average Bonchev–Trinajstić information content (AvgIpc) is 2.89. The summed E-state index contributed by atoms with van der Waals surface area (Å²) in [6.07, 6.45) is 0.496. The molecule has 5 nitrogen and oxygen atoms in total. The largest absolute Gasteiger partial charge is 0.366 e. The number of para-hydroxylation sites is 3. The van der Waals surface area contributed by atoms with Gasteiger partial charge in [0.2, 0.25) is 5.91 Å². The number of carbonyl (C=O) groups is 1. The first kappa shape index (κ1) is 23.2. The molecule has 0 aliphatic carbocycles. The summed E-state index contributed by atoms with van der Waals surface area (Å²) < 4.78 is 27.5. The van der Waals surface area contributed by atoms with Gasteiger partial charge in [-0.2, -0.15) is 0 Å². The molecule has 4 aromatic rings. The van der Waals surface area contributed by atoms with Gasteiger partial charge in [0.1, 0.15) is 16.7 Å². The highest BCUT2D eigenvalue weighted by molar-refractivity contribution is 7.99. The van der Waals surface area contributed by atoms with Crippen molar-refractivity contribution in [1.29, 1.82) is 0 Å². The van der Waals surface area contributed by atoms with Crippen LogP contribution in [-0.2, 0) is 11.2 Å². The van der Waals surface area contributed by atoms with Gasteiger partial charge in [-0.25, -0.2) is 18.7 Å². The van der Waals surface area contributed by atoms with Crippen LogP contribution in [0.15, 0.2) is 77.8 Å². The number of nitrogens with zero attached hydrogens (tertiary/aromatic N) is 4. The fourth-order valence-electron chi connectivity index (χ4n) is 4.17. The molecule has 3 aromatic carbocycles. The molecule has 8 heteroatoms. The number of piperazine rings is 1. The van der Waals surface area contributed by atoms with E-state index in [1.807, 2.05) is 40.1 Å². The van der Waals surface area contributed by atoms with Crippen molar-refractivity contribution >= 4 is 34.4 Å². The number of fused-ring (bicyclic) bond motifs is 1. The summed E-state index contributed by atoms with van der Waals surface area (Å²) in [5.74, 6) is -0.269. The van der Waals surface area contributed by atoms with Crippen LogP contribution in [0.5, 0.6) is 0 Å². The first-order valence-electron chi connectivity index (χ1n) is 11.5. The molecule has 1 aliphatic rings. The Bertz CT molecular complexity index is 1340. The molecule has 35 heavy (non-hydrogen) atoms. The molecule has 2 heterocycles. The molecule has 1 aromatic heterocycles. The van der Waals surface area contributed by atoms with Crippen LogP contribution in [0, 0.1) is 11.6 Å². The first-order valence-corrected chi connectivity index (χ1v) is 12.5. The normalized spacial score (nSPS) is 13.9. The van der Waals surface area contributed by atoms with E-state index < -0.39 is 0 Å². The number of amides is 1. The third kappa shape index (κ3) is 5.43. The van der Waals surface area contributed by atoms with Crippen LogP contribution in [0.3, 0.4) is 0 Å². The third-order valence-corrected chi connectivity index (χ3v) is 7.04. The number of benzene rings is 3. The lowest BCUT2D eigenvalue weighted by atomic mass is 10.1. The summed E-state index contributed by atoms with van der Waals surface area (Å²) in [4.78, 5) is 26.3. The van der Waals surface area contributed by atoms with Gasteiger partial charge >= 0.3 is 0 Å². The molecule has 0 radical (unpaired) electrons. The van der Waals surface area contributed by atoms with Gasteiger partial charge < -0.3 is 9.80 Å². The standard InChI is InChI=1S/C27H24F2N4OS/c28-20-11-9-19(10-12-20)17-24-27(31-23-7-3-2-6-22(23)30-24)35-18-26(34)33-15-13-32(14-16-33)25-8-4-1-5-21(25)29/h1-12H,13-18H2. The van der Waals surface area contributed by atoms with Crippen molar-refractivity contribution in [2.24, 2.45) is 0 Å². The summed E-state index contributed by atoms with van der Waals surface area (Å²) >= 11 is 1.37. The summed E-state index contributed by atoms with van der Waals surface area (Å²) in [6.45, 7) is 2.25. The van der Waals surface area contributed by atoms with Crippen LogP contribution in [0.4, 0.5) is 14.5 Å². The molecule has 0 atom stereocenters. The number of hydrogen-bond acceptors (Lipinski definition) is 5.